The van der Waals surface area contributed by atoms with Gasteiger partial charge in [-0.1, -0.05) is 55.2 Å². The minimum Gasteiger partial charge on any atom is -0.458 e. The van der Waals surface area contributed by atoms with Gasteiger partial charge in [-0.25, -0.2) is 19.0 Å². The predicted octanol–water partition coefficient (Wildman–Crippen LogP) is 6.73. The predicted molar refractivity (Wildman–Crippen MR) is 181 cm³/mol. The molecule has 1 amide bonds. The molecule has 0 saturated heterocycles. The smallest absolute Gasteiger partial charge is 0.407 e. The lowest BCUT2D eigenvalue weighted by Crippen LogP contribution is -2.44. The van der Waals surface area contributed by atoms with Crippen LogP contribution in [-0.4, -0.2) is 43.3 Å². The van der Waals surface area contributed by atoms with Crippen LogP contribution >= 0.6 is 21.6 Å². The molecule has 1 saturated carbocycles. The van der Waals surface area contributed by atoms with Gasteiger partial charge in [0.25, 0.3) is 5.56 Å². The van der Waals surface area contributed by atoms with Crippen LogP contribution in [-0.2, 0) is 39.4 Å². The van der Waals surface area contributed by atoms with Crippen molar-refractivity contribution in [1.82, 2.24) is 14.9 Å². The molecule has 2 aromatic heterocycles. The highest BCUT2D eigenvalue weighted by Crippen LogP contribution is 2.46. The molecule has 9 nitrogen and oxygen atoms in total. The first-order valence-corrected chi connectivity index (χ1v) is 18.9. The summed E-state index contributed by atoms with van der Waals surface area (Å²) in [7, 11) is 3.64. The van der Waals surface area contributed by atoms with Gasteiger partial charge < -0.3 is 24.5 Å². The number of esters is 1. The van der Waals surface area contributed by atoms with Crippen molar-refractivity contribution in [2.24, 2.45) is 0 Å². The number of cyclic esters (lactones) is 1. The number of pyridine rings is 2. The van der Waals surface area contributed by atoms with Gasteiger partial charge >= 0.3 is 12.1 Å². The first kappa shape index (κ1) is 32.5. The summed E-state index contributed by atoms with van der Waals surface area (Å²) in [6.07, 6.45) is 5.53. The van der Waals surface area contributed by atoms with Crippen molar-refractivity contribution in [2.75, 3.05) is 0 Å². The van der Waals surface area contributed by atoms with Crippen molar-refractivity contribution >= 4 is 44.6 Å². The van der Waals surface area contributed by atoms with E-state index in [1.54, 1.807) is 24.5 Å². The molecule has 250 valence electrons. The van der Waals surface area contributed by atoms with Gasteiger partial charge in [-0.2, -0.15) is 0 Å². The zero-order valence-corrected chi connectivity index (χ0v) is 28.7. The fraction of sp³-hybridized carbons (Fsp3) is 0.543. The molecule has 1 fully saturated rings. The quantitative estimate of drug-likeness (QED) is 0.130. The number of aliphatic hydroxyl groups is 1. The summed E-state index contributed by atoms with van der Waals surface area (Å²) in [6, 6.07) is 2.62. The largest absolute Gasteiger partial charge is 0.458 e. The number of carbonyl (C=O) groups excluding carboxylic acids is 2. The minimum atomic E-state index is -1.96. The highest BCUT2D eigenvalue weighted by atomic mass is 33.1. The van der Waals surface area contributed by atoms with E-state index in [0.29, 0.717) is 40.6 Å². The lowest BCUT2D eigenvalue weighted by atomic mass is 9.81. The van der Waals surface area contributed by atoms with Crippen LogP contribution in [0.4, 0.5) is 9.18 Å². The van der Waals surface area contributed by atoms with Gasteiger partial charge in [0.15, 0.2) is 5.60 Å². The van der Waals surface area contributed by atoms with Crippen molar-refractivity contribution in [1.29, 1.82) is 0 Å². The summed E-state index contributed by atoms with van der Waals surface area (Å²) in [5.41, 5.74) is 2.46. The summed E-state index contributed by atoms with van der Waals surface area (Å²) in [5.74, 6) is -1.16. The Kier molecular flexibility index (Phi) is 8.57. The number of alkyl carbamates (subject to hydrolysis) is 1. The van der Waals surface area contributed by atoms with Crippen LogP contribution in [0.15, 0.2) is 16.9 Å². The second-order valence-corrected chi connectivity index (χ2v) is 16.5. The maximum Gasteiger partial charge on any atom is 0.407 e. The second kappa shape index (κ2) is 12.4. The van der Waals surface area contributed by atoms with Crippen LogP contribution in [0.5, 0.6) is 0 Å². The van der Waals surface area contributed by atoms with E-state index in [4.69, 9.17) is 14.5 Å². The number of aryl methyl sites for hydroxylation is 1. The minimum absolute atomic E-state index is 0.0312. The Morgan fingerprint density at radius 1 is 1.19 bits per heavy atom. The molecule has 0 unspecified atom stereocenters. The van der Waals surface area contributed by atoms with E-state index in [1.807, 2.05) is 21.6 Å². The van der Waals surface area contributed by atoms with Crippen molar-refractivity contribution in [3.05, 3.63) is 61.7 Å². The molecule has 12 heteroatoms. The summed E-state index contributed by atoms with van der Waals surface area (Å²) < 4.78 is 28.2. The molecule has 7 rings (SSSR count). The second-order valence-electron chi connectivity index (χ2n) is 13.4. The highest BCUT2D eigenvalue weighted by molar-refractivity contribution is 8.77. The van der Waals surface area contributed by atoms with Gasteiger partial charge in [0.2, 0.25) is 0 Å². The Balaban J connectivity index is 1.30. The number of carbonyl (C=O) groups is 2. The topological polar surface area (TPSA) is 120 Å². The monoisotopic (exact) mass is 681 g/mol. The van der Waals surface area contributed by atoms with E-state index in [2.05, 4.69) is 19.2 Å². The number of aromatic nitrogens is 2. The normalized spacial score (nSPS) is 24.7. The molecule has 1 aromatic carbocycles. The zero-order valence-electron chi connectivity index (χ0n) is 27.1. The van der Waals surface area contributed by atoms with Crippen molar-refractivity contribution in [2.45, 2.75) is 120 Å². The third kappa shape index (κ3) is 5.44. The van der Waals surface area contributed by atoms with E-state index in [1.165, 1.54) is 6.07 Å². The van der Waals surface area contributed by atoms with E-state index in [-0.39, 0.29) is 53.4 Å². The molecule has 4 atom stereocenters. The first-order chi connectivity index (χ1) is 22.5. The molecule has 2 aliphatic carbocycles. The molecule has 0 bridgehead atoms. The summed E-state index contributed by atoms with van der Waals surface area (Å²) >= 11 is 0. The molecular weight excluding hydrogens is 642 g/mol. The average Bonchev–Trinajstić information content (AvgIpc) is 3.26. The van der Waals surface area contributed by atoms with Crippen LogP contribution in [0, 0.1) is 12.7 Å². The van der Waals surface area contributed by atoms with E-state index < -0.39 is 23.7 Å². The van der Waals surface area contributed by atoms with Gasteiger partial charge in [0.1, 0.15) is 18.5 Å². The fourth-order valence-electron chi connectivity index (χ4n) is 7.68. The van der Waals surface area contributed by atoms with Crippen LogP contribution in [0.1, 0.15) is 105 Å². The average molecular weight is 682 g/mol. The summed E-state index contributed by atoms with van der Waals surface area (Å²) in [4.78, 5) is 45.1. The van der Waals surface area contributed by atoms with E-state index in [0.717, 1.165) is 54.2 Å². The molecule has 0 radical (unpaired) electrons. The molecule has 0 spiro atoms. The number of halogens is 1. The summed E-state index contributed by atoms with van der Waals surface area (Å²) in [6.45, 7) is 7.71. The van der Waals surface area contributed by atoms with Crippen LogP contribution < -0.4 is 10.9 Å². The Morgan fingerprint density at radius 3 is 2.74 bits per heavy atom. The Hall–Kier alpha value is -3.09. The van der Waals surface area contributed by atoms with Crippen molar-refractivity contribution in [3.8, 4) is 11.4 Å². The molecule has 47 heavy (non-hydrogen) atoms. The molecule has 2 aliphatic heterocycles. The number of rotatable bonds is 6. The molecule has 3 aromatic rings. The van der Waals surface area contributed by atoms with E-state index >= 15 is 4.39 Å². The number of ether oxygens (including phenoxy) is 2. The number of amides is 1. The Morgan fingerprint density at radius 2 is 1.98 bits per heavy atom. The maximum atomic E-state index is 15.3. The number of hydrogen-bond acceptors (Lipinski definition) is 9. The zero-order chi connectivity index (χ0) is 33.2. The maximum absolute atomic E-state index is 15.3. The molecular formula is C35H40FN3O6S2. The van der Waals surface area contributed by atoms with Crippen LogP contribution in [0.2, 0.25) is 0 Å². The third-order valence-electron chi connectivity index (χ3n) is 10.2. The van der Waals surface area contributed by atoms with Crippen molar-refractivity contribution < 1.29 is 28.6 Å². The van der Waals surface area contributed by atoms with Gasteiger partial charge in [-0.05, 0) is 68.2 Å². The molecule has 4 heterocycles. The van der Waals surface area contributed by atoms with Gasteiger partial charge in [-0.3, -0.25) is 4.79 Å². The lowest BCUT2D eigenvalue weighted by Gasteiger charge is -2.31. The van der Waals surface area contributed by atoms with Crippen LogP contribution in [0.3, 0.4) is 0 Å². The van der Waals surface area contributed by atoms with Gasteiger partial charge in [0, 0.05) is 27.8 Å². The lowest BCUT2D eigenvalue weighted by molar-refractivity contribution is -0.172. The fourth-order valence-corrected chi connectivity index (χ4v) is 10.4. The van der Waals surface area contributed by atoms with Gasteiger partial charge in [0.05, 0.1) is 40.3 Å². The molecule has 4 aliphatic rings. The number of nitrogens with one attached hydrogen (secondary N) is 1. The number of fused-ring (bicyclic) bond motifs is 5. The number of nitrogens with zero attached hydrogens (tertiary/aromatic N) is 2. The standard InChI is InChI=1S/C35H40FN3O6S2/c1-5-35(43)22-13-26-31-20(15-39(26)32(40)21(22)16-44-33(35)41)30-24(12-11-19-18(4)23(36)14-25(37-31)29(19)30)38-34(42)45-27-9-7-6-8-10-28(27)47-46-17(2)3/h13-14,17,24,27-28,43H,5-12,15-16H2,1-4H3,(H,38,42)/t24-,27+,28+,35-/m0/s1. The van der Waals surface area contributed by atoms with Crippen molar-refractivity contribution in [3.63, 3.8) is 0 Å². The van der Waals surface area contributed by atoms with Gasteiger partial charge in [-0.15, -0.1) is 0 Å². The number of benzene rings is 1. The summed E-state index contributed by atoms with van der Waals surface area (Å²) in [5, 5.41) is 16.0. The first-order valence-electron chi connectivity index (χ1n) is 16.6. The highest BCUT2D eigenvalue weighted by Gasteiger charge is 2.46. The third-order valence-corrected chi connectivity index (χ3v) is 13.7. The Labute approximate surface area is 280 Å². The van der Waals surface area contributed by atoms with Crippen LogP contribution in [0.25, 0.3) is 22.3 Å². The SMILES string of the molecule is CC[C@@]1(O)C(=O)OCc2c1cc1n(c2=O)Cc2c-1nc1cc(F)c(C)c3c1c2[C@@H](NC(=O)O[C@@H]1CCCCC[C@H]1SSC(C)C)CC3. The number of hydrogen-bond donors (Lipinski definition) is 2. The molecule has 2 N–H and O–H groups in total. The Bertz CT molecular complexity index is 1860. The van der Waals surface area contributed by atoms with E-state index in [9.17, 15) is 19.5 Å².